The van der Waals surface area contributed by atoms with Gasteiger partial charge in [-0.2, -0.15) is 0 Å². The van der Waals surface area contributed by atoms with E-state index in [-0.39, 0.29) is 6.61 Å². The van der Waals surface area contributed by atoms with Gasteiger partial charge in [0, 0.05) is 29.0 Å². The molecule has 1 aromatic rings. The lowest BCUT2D eigenvalue weighted by Gasteiger charge is -2.29. The fourth-order valence-electron chi connectivity index (χ4n) is 2.04. The molecular formula is C11H13BrN2O3. The van der Waals surface area contributed by atoms with Crippen molar-refractivity contribution in [1.29, 1.82) is 0 Å². The lowest BCUT2D eigenvalue weighted by atomic mass is 9.93. The number of aromatic nitrogens is 1. The van der Waals surface area contributed by atoms with Crippen molar-refractivity contribution in [2.45, 2.75) is 12.0 Å². The van der Waals surface area contributed by atoms with E-state index in [2.05, 4.69) is 26.2 Å². The van der Waals surface area contributed by atoms with Crippen LogP contribution in [0.2, 0.25) is 0 Å². The molecule has 0 amide bonds. The van der Waals surface area contributed by atoms with Crippen LogP contribution in [0.1, 0.15) is 12.0 Å². The number of nitrogens with one attached hydrogen (secondary N) is 1. The fraction of sp³-hybridized carbons (Fsp3) is 0.455. The maximum Gasteiger partial charge on any atom is 0.329 e. The van der Waals surface area contributed by atoms with Crippen LogP contribution in [0.5, 0.6) is 0 Å². The first-order valence-corrected chi connectivity index (χ1v) is 6.10. The molecule has 17 heavy (non-hydrogen) atoms. The molecule has 2 rings (SSSR count). The summed E-state index contributed by atoms with van der Waals surface area (Å²) in [5.41, 5.74) is 0.374. The summed E-state index contributed by atoms with van der Waals surface area (Å²) in [4.78, 5) is 14.6. The van der Waals surface area contributed by atoms with E-state index in [9.17, 15) is 4.79 Å². The van der Waals surface area contributed by atoms with Crippen molar-refractivity contribution in [3.63, 3.8) is 0 Å². The van der Waals surface area contributed by atoms with Gasteiger partial charge in [-0.25, -0.2) is 4.79 Å². The van der Waals surface area contributed by atoms with Crippen LogP contribution < -0.4 is 5.32 Å². The predicted molar refractivity (Wildman–Crippen MR) is 64.7 cm³/mol. The smallest absolute Gasteiger partial charge is 0.329 e. The summed E-state index contributed by atoms with van der Waals surface area (Å²) in [7, 11) is 0. The van der Waals surface area contributed by atoms with E-state index in [1.807, 2.05) is 6.07 Å². The molecule has 0 saturated carbocycles. The van der Waals surface area contributed by atoms with Crippen molar-refractivity contribution < 1.29 is 14.6 Å². The number of halogens is 1. The number of hydrogen-bond acceptors (Lipinski definition) is 4. The monoisotopic (exact) mass is 300 g/mol. The van der Waals surface area contributed by atoms with Crippen LogP contribution in [0, 0.1) is 0 Å². The van der Waals surface area contributed by atoms with Crippen LogP contribution in [0.25, 0.3) is 0 Å². The summed E-state index contributed by atoms with van der Waals surface area (Å²) >= 11 is 3.43. The number of nitrogens with zero attached hydrogens (tertiary/aromatic N) is 1. The first-order chi connectivity index (χ1) is 8.14. The Labute approximate surface area is 107 Å². The van der Waals surface area contributed by atoms with E-state index in [0.29, 0.717) is 6.54 Å². The van der Waals surface area contributed by atoms with Crippen molar-refractivity contribution in [3.8, 4) is 0 Å². The first-order valence-electron chi connectivity index (χ1n) is 5.30. The van der Waals surface area contributed by atoms with Crippen molar-refractivity contribution in [1.82, 2.24) is 10.3 Å². The molecule has 1 aromatic heterocycles. The van der Waals surface area contributed by atoms with Gasteiger partial charge in [0.25, 0.3) is 0 Å². The predicted octanol–water partition coefficient (Wildman–Crippen LogP) is 1.13. The number of carbonyl (C=O) groups is 1. The summed E-state index contributed by atoms with van der Waals surface area (Å²) in [6, 6.07) is 1.86. The molecule has 1 aliphatic heterocycles. The van der Waals surface area contributed by atoms with Crippen molar-refractivity contribution in [3.05, 3.63) is 28.5 Å². The van der Waals surface area contributed by atoms with E-state index in [4.69, 9.17) is 9.84 Å². The minimum atomic E-state index is -0.957. The zero-order valence-corrected chi connectivity index (χ0v) is 10.7. The summed E-state index contributed by atoms with van der Waals surface area (Å²) in [5.74, 6) is -0.957. The SMILES string of the molecule is O=C(O)COC1(c2ccncc2Br)CCNC1. The molecule has 0 bridgehead atoms. The van der Waals surface area contributed by atoms with E-state index >= 15 is 0 Å². The van der Waals surface area contributed by atoms with Crippen LogP contribution in [0.15, 0.2) is 22.9 Å². The Morgan fingerprint density at radius 2 is 2.53 bits per heavy atom. The highest BCUT2D eigenvalue weighted by Gasteiger charge is 2.38. The van der Waals surface area contributed by atoms with E-state index in [0.717, 1.165) is 23.0 Å². The highest BCUT2D eigenvalue weighted by Crippen LogP contribution is 2.36. The van der Waals surface area contributed by atoms with Gasteiger partial charge in [0.15, 0.2) is 0 Å². The largest absolute Gasteiger partial charge is 0.480 e. The Balaban J connectivity index is 2.28. The van der Waals surface area contributed by atoms with E-state index < -0.39 is 11.6 Å². The van der Waals surface area contributed by atoms with Gasteiger partial charge in [-0.05, 0) is 35.0 Å². The molecule has 1 saturated heterocycles. The third kappa shape index (κ3) is 2.65. The summed E-state index contributed by atoms with van der Waals surface area (Å²) in [5, 5.41) is 11.9. The molecule has 2 N–H and O–H groups in total. The molecule has 0 aromatic carbocycles. The Morgan fingerprint density at radius 3 is 3.12 bits per heavy atom. The number of aliphatic carboxylic acids is 1. The number of ether oxygens (including phenoxy) is 1. The Bertz CT molecular complexity index is 419. The van der Waals surface area contributed by atoms with Crippen LogP contribution in [-0.2, 0) is 15.1 Å². The van der Waals surface area contributed by atoms with Gasteiger partial charge in [-0.3, -0.25) is 4.98 Å². The third-order valence-electron chi connectivity index (χ3n) is 2.85. The molecule has 6 heteroatoms. The zero-order chi connectivity index (χ0) is 12.3. The Morgan fingerprint density at radius 1 is 1.71 bits per heavy atom. The lowest BCUT2D eigenvalue weighted by molar-refractivity contribution is -0.149. The quantitative estimate of drug-likeness (QED) is 0.872. The Hall–Kier alpha value is -0.980. The lowest BCUT2D eigenvalue weighted by Crippen LogP contribution is -2.34. The number of rotatable bonds is 4. The third-order valence-corrected chi connectivity index (χ3v) is 3.48. The van der Waals surface area contributed by atoms with Gasteiger partial charge >= 0.3 is 5.97 Å². The topological polar surface area (TPSA) is 71.5 Å². The zero-order valence-electron chi connectivity index (χ0n) is 9.15. The van der Waals surface area contributed by atoms with Gasteiger partial charge in [0.1, 0.15) is 12.2 Å². The maximum atomic E-state index is 10.6. The maximum absolute atomic E-state index is 10.6. The van der Waals surface area contributed by atoms with Crippen molar-refractivity contribution in [2.24, 2.45) is 0 Å². The van der Waals surface area contributed by atoms with Crippen molar-refractivity contribution in [2.75, 3.05) is 19.7 Å². The molecular weight excluding hydrogens is 288 g/mol. The average molecular weight is 301 g/mol. The molecule has 1 fully saturated rings. The van der Waals surface area contributed by atoms with Gasteiger partial charge in [0.05, 0.1) is 0 Å². The van der Waals surface area contributed by atoms with Gasteiger partial charge in [-0.1, -0.05) is 0 Å². The van der Waals surface area contributed by atoms with Crippen molar-refractivity contribution >= 4 is 21.9 Å². The fourth-order valence-corrected chi connectivity index (χ4v) is 2.66. The minimum absolute atomic E-state index is 0.295. The summed E-state index contributed by atoms with van der Waals surface area (Å²) < 4.78 is 6.44. The Kier molecular flexibility index (Phi) is 3.76. The highest BCUT2D eigenvalue weighted by molar-refractivity contribution is 9.10. The summed E-state index contributed by atoms with van der Waals surface area (Å²) in [6.45, 7) is 1.13. The molecule has 5 nitrogen and oxygen atoms in total. The van der Waals surface area contributed by atoms with Crippen LogP contribution in [0.4, 0.5) is 0 Å². The van der Waals surface area contributed by atoms with E-state index in [1.54, 1.807) is 12.4 Å². The van der Waals surface area contributed by atoms with Gasteiger partial charge < -0.3 is 15.2 Å². The molecule has 0 aliphatic carbocycles. The number of carboxylic acids is 1. The summed E-state index contributed by atoms with van der Waals surface area (Å²) in [6.07, 6.45) is 4.13. The second kappa shape index (κ2) is 5.12. The van der Waals surface area contributed by atoms with Crippen LogP contribution >= 0.6 is 15.9 Å². The molecule has 92 valence electrons. The number of carboxylic acid groups (broad SMARTS) is 1. The van der Waals surface area contributed by atoms with E-state index in [1.165, 1.54) is 0 Å². The second-order valence-corrected chi connectivity index (χ2v) is 4.81. The normalized spacial score (nSPS) is 23.8. The van der Waals surface area contributed by atoms with Crippen LogP contribution in [0.3, 0.4) is 0 Å². The highest BCUT2D eigenvalue weighted by atomic mass is 79.9. The van der Waals surface area contributed by atoms with Gasteiger partial charge in [0.2, 0.25) is 0 Å². The number of pyridine rings is 1. The number of hydrogen-bond donors (Lipinski definition) is 2. The average Bonchev–Trinajstić information content (AvgIpc) is 2.77. The minimum Gasteiger partial charge on any atom is -0.480 e. The van der Waals surface area contributed by atoms with Crippen LogP contribution in [-0.4, -0.2) is 35.8 Å². The molecule has 0 radical (unpaired) electrons. The first kappa shape index (κ1) is 12.5. The molecule has 1 unspecified atom stereocenters. The molecule has 1 aliphatic rings. The van der Waals surface area contributed by atoms with Gasteiger partial charge in [-0.15, -0.1) is 0 Å². The molecule has 0 spiro atoms. The second-order valence-electron chi connectivity index (χ2n) is 3.96. The molecule has 2 heterocycles. The molecule has 1 atom stereocenters. The standard InChI is InChI=1S/C11H13BrN2O3/c12-9-5-13-3-1-8(9)11(2-4-14-7-11)17-6-10(15)16/h1,3,5,14H,2,4,6-7H2,(H,15,16).